The van der Waals surface area contributed by atoms with Crippen molar-refractivity contribution in [3.63, 3.8) is 0 Å². The third kappa shape index (κ3) is 8.94. The largest absolute Gasteiger partial charge is 0.396 e. The molecular weight excluding hydrogens is 543 g/mol. The summed E-state index contributed by atoms with van der Waals surface area (Å²) in [5.74, 6) is 0.478. The van der Waals surface area contributed by atoms with Crippen LogP contribution in [0.25, 0.3) is 0 Å². The number of aromatic nitrogens is 3. The van der Waals surface area contributed by atoms with Crippen molar-refractivity contribution in [3.8, 4) is 0 Å². The Hall–Kier alpha value is -1.16. The number of hydrogen-bond acceptors (Lipinski definition) is 10. The third-order valence-electron chi connectivity index (χ3n) is 6.36. The molecule has 2 fully saturated rings. The van der Waals surface area contributed by atoms with Gasteiger partial charge < -0.3 is 34.7 Å². The van der Waals surface area contributed by atoms with Crippen LogP contribution in [0, 0.1) is 0 Å². The van der Waals surface area contributed by atoms with E-state index in [0.717, 1.165) is 22.0 Å². The van der Waals surface area contributed by atoms with Crippen LogP contribution in [0.4, 0.5) is 0 Å². The van der Waals surface area contributed by atoms with Gasteiger partial charge in [-0.25, -0.2) is 4.79 Å². The van der Waals surface area contributed by atoms with Gasteiger partial charge in [-0.1, -0.05) is 19.3 Å². The van der Waals surface area contributed by atoms with Crippen LogP contribution < -0.4 is 11.2 Å². The first-order chi connectivity index (χ1) is 18.0. The second-order valence-corrected chi connectivity index (χ2v) is 8.40. The van der Waals surface area contributed by atoms with Gasteiger partial charge in [0.25, 0.3) is 5.56 Å². The highest BCUT2D eigenvalue weighted by atomic mass is 31.0. The molecule has 0 aromatic carbocycles. The second kappa shape index (κ2) is 18.2. The SMILES string of the molecule is O=c1ccn(C2OC(CCO)C(O)C2O)c(=O)n1Cc1cc(C2CCCCC2)ccn1.OP.OP.OP. The molecule has 3 heterocycles. The van der Waals surface area contributed by atoms with E-state index in [9.17, 15) is 19.8 Å². The Morgan fingerprint density at radius 3 is 2.24 bits per heavy atom. The number of nitrogens with zero attached hydrogens (tertiary/aromatic N) is 3. The molecular formula is C22H38N3O9P3. The summed E-state index contributed by atoms with van der Waals surface area (Å²) in [6, 6.07) is 5.19. The van der Waals surface area contributed by atoms with Crippen LogP contribution in [-0.2, 0) is 11.3 Å². The quantitative estimate of drug-likeness (QED) is 0.250. The molecule has 2 aromatic rings. The molecule has 15 heteroatoms. The average Bonchev–Trinajstić information content (AvgIpc) is 3.23. The predicted molar refractivity (Wildman–Crippen MR) is 148 cm³/mol. The van der Waals surface area contributed by atoms with Crippen LogP contribution in [-0.4, -0.2) is 69.0 Å². The lowest BCUT2D eigenvalue weighted by molar-refractivity contribution is -0.0458. The molecule has 2 aromatic heterocycles. The molecule has 1 aliphatic heterocycles. The van der Waals surface area contributed by atoms with Crippen molar-refractivity contribution in [2.45, 2.75) is 75.5 Å². The van der Waals surface area contributed by atoms with Gasteiger partial charge in [0.2, 0.25) is 0 Å². The zero-order chi connectivity index (χ0) is 28.0. The lowest BCUT2D eigenvalue weighted by Gasteiger charge is -2.22. The fourth-order valence-electron chi connectivity index (χ4n) is 4.63. The van der Waals surface area contributed by atoms with Gasteiger partial charge in [0.15, 0.2) is 6.23 Å². The number of hydrogen-bond donors (Lipinski definition) is 6. The van der Waals surface area contributed by atoms with E-state index in [-0.39, 0.29) is 19.6 Å². The monoisotopic (exact) mass is 581 g/mol. The molecule has 0 amide bonds. The van der Waals surface area contributed by atoms with Crippen LogP contribution in [0.15, 0.2) is 40.2 Å². The Morgan fingerprint density at radius 1 is 0.973 bits per heavy atom. The molecule has 6 N–H and O–H groups in total. The molecule has 0 bridgehead atoms. The van der Waals surface area contributed by atoms with Crippen LogP contribution in [0.2, 0.25) is 0 Å². The highest BCUT2D eigenvalue weighted by molar-refractivity contribution is 7.08. The molecule has 12 nitrogen and oxygen atoms in total. The molecule has 7 atom stereocenters. The zero-order valence-corrected chi connectivity index (χ0v) is 23.9. The van der Waals surface area contributed by atoms with E-state index in [2.05, 4.69) is 4.98 Å². The van der Waals surface area contributed by atoms with E-state index in [1.165, 1.54) is 65.5 Å². The van der Waals surface area contributed by atoms with Gasteiger partial charge in [0.05, 0.1) is 18.3 Å². The summed E-state index contributed by atoms with van der Waals surface area (Å²) in [6.07, 6.45) is 4.50. The normalized spacial score (nSPS) is 23.1. The van der Waals surface area contributed by atoms with Crippen molar-refractivity contribution in [2.24, 2.45) is 0 Å². The van der Waals surface area contributed by atoms with Gasteiger partial charge in [-0.05, 0) is 71.3 Å². The summed E-state index contributed by atoms with van der Waals surface area (Å²) in [6.45, 7) is -0.219. The summed E-state index contributed by atoms with van der Waals surface area (Å²) in [5, 5.41) is 29.6. The summed E-state index contributed by atoms with van der Waals surface area (Å²) in [5.41, 5.74) is 0.661. The molecule has 7 unspecified atom stereocenters. The molecule has 37 heavy (non-hydrogen) atoms. The van der Waals surface area contributed by atoms with Crippen molar-refractivity contribution in [2.75, 3.05) is 6.61 Å². The zero-order valence-electron chi connectivity index (χ0n) is 20.4. The van der Waals surface area contributed by atoms with E-state index in [1.54, 1.807) is 6.20 Å². The topological polar surface area (TPSA) is 188 Å². The third-order valence-corrected chi connectivity index (χ3v) is 6.36. The van der Waals surface area contributed by atoms with Crippen LogP contribution in [0.1, 0.15) is 61.9 Å². The lowest BCUT2D eigenvalue weighted by atomic mass is 9.84. The Morgan fingerprint density at radius 2 is 1.62 bits per heavy atom. The highest BCUT2D eigenvalue weighted by Gasteiger charge is 2.43. The molecule has 1 saturated carbocycles. The smallest absolute Gasteiger partial charge is 0.333 e. The Balaban J connectivity index is 0.00000106. The summed E-state index contributed by atoms with van der Waals surface area (Å²) >= 11 is 0. The first-order valence-electron chi connectivity index (χ1n) is 11.7. The Bertz CT molecular complexity index is 1030. The van der Waals surface area contributed by atoms with E-state index in [0.29, 0.717) is 11.6 Å². The average molecular weight is 581 g/mol. The maximum absolute atomic E-state index is 13.1. The molecule has 0 spiro atoms. The number of ether oxygens (including phenoxy) is 1. The summed E-state index contributed by atoms with van der Waals surface area (Å²) in [7, 11) is 4.25. The van der Waals surface area contributed by atoms with Crippen LogP contribution >= 0.6 is 28.4 Å². The van der Waals surface area contributed by atoms with Gasteiger partial charge in [-0.15, -0.1) is 0 Å². The molecule has 210 valence electrons. The first-order valence-corrected chi connectivity index (χ1v) is 13.2. The maximum Gasteiger partial charge on any atom is 0.333 e. The van der Waals surface area contributed by atoms with Crippen LogP contribution in [0.3, 0.4) is 0 Å². The lowest BCUT2D eigenvalue weighted by Crippen LogP contribution is -2.43. The molecule has 4 rings (SSSR count). The number of aliphatic hydroxyl groups excluding tert-OH is 3. The summed E-state index contributed by atoms with van der Waals surface area (Å²) < 4.78 is 7.77. The van der Waals surface area contributed by atoms with E-state index >= 15 is 0 Å². The van der Waals surface area contributed by atoms with Gasteiger partial charge in [-0.2, -0.15) is 0 Å². The summed E-state index contributed by atoms with van der Waals surface area (Å²) in [4.78, 5) is 50.6. The highest BCUT2D eigenvalue weighted by Crippen LogP contribution is 2.32. The van der Waals surface area contributed by atoms with Crippen molar-refractivity contribution in [1.82, 2.24) is 14.1 Å². The van der Waals surface area contributed by atoms with E-state index < -0.39 is 35.8 Å². The van der Waals surface area contributed by atoms with Crippen molar-refractivity contribution >= 4 is 28.4 Å². The second-order valence-electron chi connectivity index (χ2n) is 8.40. The number of aliphatic hydroxyl groups is 3. The van der Waals surface area contributed by atoms with Crippen molar-refractivity contribution in [3.05, 3.63) is 62.7 Å². The molecule has 1 aliphatic carbocycles. The van der Waals surface area contributed by atoms with Crippen molar-refractivity contribution < 1.29 is 34.7 Å². The Labute approximate surface area is 222 Å². The van der Waals surface area contributed by atoms with Gasteiger partial charge in [-0.3, -0.25) is 18.9 Å². The minimum Gasteiger partial charge on any atom is -0.396 e. The van der Waals surface area contributed by atoms with Gasteiger partial charge >= 0.3 is 5.69 Å². The molecule has 0 radical (unpaired) electrons. The minimum atomic E-state index is -1.35. The maximum atomic E-state index is 13.1. The number of pyridine rings is 1. The predicted octanol–water partition coefficient (Wildman–Crippen LogP) is -0.191. The fourth-order valence-corrected chi connectivity index (χ4v) is 4.63. The number of rotatable bonds is 6. The fraction of sp³-hybridized carbons (Fsp3) is 0.591. The van der Waals surface area contributed by atoms with Gasteiger partial charge in [0, 0.05) is 25.1 Å². The van der Waals surface area contributed by atoms with Gasteiger partial charge in [0.1, 0.15) is 12.2 Å². The molecule has 1 saturated heterocycles. The minimum absolute atomic E-state index is 0.00447. The van der Waals surface area contributed by atoms with E-state index in [1.807, 2.05) is 12.1 Å². The van der Waals surface area contributed by atoms with E-state index in [4.69, 9.17) is 24.5 Å². The Kier molecular flexibility index (Phi) is 16.6. The molecule has 2 aliphatic rings. The van der Waals surface area contributed by atoms with Crippen molar-refractivity contribution in [1.29, 1.82) is 0 Å². The standard InChI is InChI=1S/C22H29N3O6.3H3OP/c26-11-8-17-19(28)20(29)21(31-17)24-10-7-18(27)25(22(24)30)13-16-12-15(6-9-23-16)14-4-2-1-3-5-14;3*1-2/h6-7,9-10,12,14,17,19-21,26,28-29H,1-5,8,11,13H2;3*1H,2H2. The first kappa shape index (κ1) is 33.9. The van der Waals surface area contributed by atoms with Crippen LogP contribution in [0.5, 0.6) is 0 Å².